The summed E-state index contributed by atoms with van der Waals surface area (Å²) in [5.74, 6) is -0.0170. The lowest BCUT2D eigenvalue weighted by Crippen LogP contribution is -2.39. The summed E-state index contributed by atoms with van der Waals surface area (Å²) >= 11 is 5.78. The number of piperidine rings is 1. The third kappa shape index (κ3) is 4.60. The molecule has 0 atom stereocenters. The number of nitrogens with one attached hydrogen (secondary N) is 1. The molecule has 0 radical (unpaired) electrons. The smallest absolute Gasteiger partial charge is 0.227 e. The molecule has 0 unspecified atom stereocenters. The molecule has 2 aromatic carbocycles. The largest absolute Gasteiger partial charge is 0.341 e. The SMILES string of the molecule is Cc1cccc(-c2cnc(N3CCC(C(=O)Nc4ccc(F)c(Cl)c4)CC3)nc2)c1. The van der Waals surface area contributed by atoms with Crippen LogP contribution in [0.3, 0.4) is 0 Å². The zero-order valence-corrected chi connectivity index (χ0v) is 17.4. The van der Waals surface area contributed by atoms with Crippen molar-refractivity contribution in [3.05, 3.63) is 71.3 Å². The summed E-state index contributed by atoms with van der Waals surface area (Å²) in [7, 11) is 0. The number of halogens is 2. The summed E-state index contributed by atoms with van der Waals surface area (Å²) in [4.78, 5) is 23.7. The van der Waals surface area contributed by atoms with Gasteiger partial charge in [0.2, 0.25) is 11.9 Å². The van der Waals surface area contributed by atoms with Crippen molar-refractivity contribution in [1.82, 2.24) is 9.97 Å². The summed E-state index contributed by atoms with van der Waals surface area (Å²) in [6.07, 6.45) is 5.08. The van der Waals surface area contributed by atoms with Crippen molar-refractivity contribution in [2.45, 2.75) is 19.8 Å². The Bertz CT molecular complexity index is 1050. The van der Waals surface area contributed by atoms with Crippen LogP contribution < -0.4 is 10.2 Å². The van der Waals surface area contributed by atoms with Gasteiger partial charge < -0.3 is 10.2 Å². The van der Waals surface area contributed by atoms with Crippen molar-refractivity contribution in [1.29, 1.82) is 0 Å². The second-order valence-electron chi connectivity index (χ2n) is 7.52. The molecule has 1 fully saturated rings. The van der Waals surface area contributed by atoms with Crippen molar-refractivity contribution in [2.24, 2.45) is 5.92 Å². The highest BCUT2D eigenvalue weighted by molar-refractivity contribution is 6.31. The fourth-order valence-electron chi connectivity index (χ4n) is 3.62. The molecule has 0 saturated carbocycles. The third-order valence-electron chi connectivity index (χ3n) is 5.33. The second-order valence-corrected chi connectivity index (χ2v) is 7.93. The van der Waals surface area contributed by atoms with Gasteiger partial charge in [0.15, 0.2) is 0 Å². The van der Waals surface area contributed by atoms with Crippen LogP contribution in [0.15, 0.2) is 54.9 Å². The summed E-state index contributed by atoms with van der Waals surface area (Å²) in [6, 6.07) is 12.4. The van der Waals surface area contributed by atoms with Crippen LogP contribution in [-0.4, -0.2) is 29.0 Å². The number of carbonyl (C=O) groups excluding carboxylic acids is 1. The number of carbonyl (C=O) groups is 1. The van der Waals surface area contributed by atoms with Crippen LogP contribution in [0.25, 0.3) is 11.1 Å². The van der Waals surface area contributed by atoms with Gasteiger partial charge in [-0.25, -0.2) is 14.4 Å². The number of nitrogens with zero attached hydrogens (tertiary/aromatic N) is 3. The third-order valence-corrected chi connectivity index (χ3v) is 5.61. The number of hydrogen-bond donors (Lipinski definition) is 1. The molecule has 1 saturated heterocycles. The number of aryl methyl sites for hydroxylation is 1. The maximum atomic E-state index is 13.3. The topological polar surface area (TPSA) is 58.1 Å². The van der Waals surface area contributed by atoms with Gasteiger partial charge in [0.1, 0.15) is 5.82 Å². The highest BCUT2D eigenvalue weighted by atomic mass is 35.5. The monoisotopic (exact) mass is 424 g/mol. The first-order chi connectivity index (χ1) is 14.5. The molecule has 0 aliphatic carbocycles. The van der Waals surface area contributed by atoms with Gasteiger partial charge in [-0.15, -0.1) is 0 Å². The van der Waals surface area contributed by atoms with E-state index in [1.54, 1.807) is 0 Å². The van der Waals surface area contributed by atoms with Crippen LogP contribution in [0.5, 0.6) is 0 Å². The van der Waals surface area contributed by atoms with Gasteiger partial charge in [0, 0.05) is 42.7 Å². The van der Waals surface area contributed by atoms with E-state index in [1.165, 1.54) is 23.8 Å². The van der Waals surface area contributed by atoms with Crippen molar-refractivity contribution < 1.29 is 9.18 Å². The number of hydrogen-bond acceptors (Lipinski definition) is 4. The molecule has 2 heterocycles. The van der Waals surface area contributed by atoms with E-state index in [4.69, 9.17) is 11.6 Å². The van der Waals surface area contributed by atoms with Crippen molar-refractivity contribution >= 4 is 29.1 Å². The Morgan fingerprint density at radius 3 is 2.50 bits per heavy atom. The summed E-state index contributed by atoms with van der Waals surface area (Å²) in [6.45, 7) is 3.46. The molecule has 7 heteroatoms. The zero-order chi connectivity index (χ0) is 21.1. The number of rotatable bonds is 4. The van der Waals surface area contributed by atoms with Crippen LogP contribution in [0.1, 0.15) is 18.4 Å². The molecule has 5 nitrogen and oxygen atoms in total. The summed E-state index contributed by atoms with van der Waals surface area (Å²) in [5, 5.41) is 2.82. The first-order valence-corrected chi connectivity index (χ1v) is 10.3. The Hall–Kier alpha value is -2.99. The first kappa shape index (κ1) is 20.3. The molecule has 0 spiro atoms. The quantitative estimate of drug-likeness (QED) is 0.633. The van der Waals surface area contributed by atoms with Crippen LogP contribution in [0.2, 0.25) is 5.02 Å². The van der Waals surface area contributed by atoms with Crippen molar-refractivity contribution in [3.8, 4) is 11.1 Å². The van der Waals surface area contributed by atoms with Crippen LogP contribution in [0.4, 0.5) is 16.0 Å². The lowest BCUT2D eigenvalue weighted by molar-refractivity contribution is -0.120. The zero-order valence-electron chi connectivity index (χ0n) is 16.6. The van der Waals surface area contributed by atoms with Crippen molar-refractivity contribution in [3.63, 3.8) is 0 Å². The Labute approximate surface area is 179 Å². The van der Waals surface area contributed by atoms with Gasteiger partial charge in [-0.2, -0.15) is 0 Å². The van der Waals surface area contributed by atoms with E-state index >= 15 is 0 Å². The van der Waals surface area contributed by atoms with E-state index in [2.05, 4.69) is 39.2 Å². The van der Waals surface area contributed by atoms with E-state index in [-0.39, 0.29) is 16.8 Å². The summed E-state index contributed by atoms with van der Waals surface area (Å²) in [5.41, 5.74) is 3.77. The van der Waals surface area contributed by atoms with E-state index in [0.29, 0.717) is 37.6 Å². The Balaban J connectivity index is 1.34. The van der Waals surface area contributed by atoms with Crippen LogP contribution in [0, 0.1) is 18.7 Å². The molecule has 3 aromatic rings. The van der Waals surface area contributed by atoms with Gasteiger partial charge in [-0.1, -0.05) is 41.4 Å². The predicted octanol–water partition coefficient (Wildman–Crippen LogP) is 5.10. The summed E-state index contributed by atoms with van der Waals surface area (Å²) < 4.78 is 13.3. The van der Waals surface area contributed by atoms with E-state index in [1.807, 2.05) is 24.5 Å². The van der Waals surface area contributed by atoms with E-state index in [0.717, 1.165) is 11.1 Å². The minimum atomic E-state index is -0.503. The van der Waals surface area contributed by atoms with Crippen LogP contribution in [-0.2, 0) is 4.79 Å². The number of amides is 1. The van der Waals surface area contributed by atoms with E-state index < -0.39 is 5.82 Å². The minimum Gasteiger partial charge on any atom is -0.341 e. The van der Waals surface area contributed by atoms with E-state index in [9.17, 15) is 9.18 Å². The average Bonchev–Trinajstić information content (AvgIpc) is 2.76. The Morgan fingerprint density at radius 1 is 1.10 bits per heavy atom. The molecular formula is C23H22ClFN4O. The Kier molecular flexibility index (Phi) is 5.95. The lowest BCUT2D eigenvalue weighted by atomic mass is 9.96. The molecule has 0 bridgehead atoms. The van der Waals surface area contributed by atoms with Gasteiger partial charge in [0.25, 0.3) is 0 Å². The molecule has 4 rings (SSSR count). The maximum Gasteiger partial charge on any atom is 0.227 e. The first-order valence-electron chi connectivity index (χ1n) is 9.89. The molecular weight excluding hydrogens is 403 g/mol. The fraction of sp³-hybridized carbons (Fsp3) is 0.261. The second kappa shape index (κ2) is 8.79. The average molecular weight is 425 g/mol. The standard InChI is InChI=1S/C23H22ClFN4O/c1-15-3-2-4-17(11-15)18-13-26-23(27-14-18)29-9-7-16(8-10-29)22(30)28-19-5-6-21(25)20(24)12-19/h2-6,11-14,16H,7-10H2,1H3,(H,28,30). The maximum absolute atomic E-state index is 13.3. The predicted molar refractivity (Wildman–Crippen MR) is 117 cm³/mol. The number of benzene rings is 2. The molecule has 154 valence electrons. The van der Waals surface area contributed by atoms with Gasteiger partial charge >= 0.3 is 0 Å². The van der Waals surface area contributed by atoms with Gasteiger partial charge in [-0.3, -0.25) is 4.79 Å². The molecule has 1 amide bonds. The molecule has 1 aliphatic heterocycles. The Morgan fingerprint density at radius 2 is 1.83 bits per heavy atom. The van der Waals surface area contributed by atoms with Crippen LogP contribution >= 0.6 is 11.6 Å². The molecule has 1 aromatic heterocycles. The highest BCUT2D eigenvalue weighted by Gasteiger charge is 2.26. The highest BCUT2D eigenvalue weighted by Crippen LogP contribution is 2.25. The molecule has 1 aliphatic rings. The molecule has 30 heavy (non-hydrogen) atoms. The minimum absolute atomic E-state index is 0.00567. The number of aromatic nitrogens is 2. The lowest BCUT2D eigenvalue weighted by Gasteiger charge is -2.31. The van der Waals surface area contributed by atoms with Gasteiger partial charge in [0.05, 0.1) is 5.02 Å². The van der Waals surface area contributed by atoms with Crippen molar-refractivity contribution in [2.75, 3.05) is 23.3 Å². The fourth-order valence-corrected chi connectivity index (χ4v) is 3.80. The van der Waals surface area contributed by atoms with Gasteiger partial charge in [-0.05, 0) is 43.5 Å². The molecule has 1 N–H and O–H groups in total. The normalized spacial score (nSPS) is 14.6. The number of anilines is 2.